The van der Waals surface area contributed by atoms with Crippen molar-refractivity contribution in [1.82, 2.24) is 9.66 Å². The van der Waals surface area contributed by atoms with E-state index in [0.29, 0.717) is 21.1 Å². The Morgan fingerprint density at radius 3 is 2.36 bits per heavy atom. The van der Waals surface area contributed by atoms with E-state index >= 15 is 0 Å². The minimum absolute atomic E-state index is 0.111. The summed E-state index contributed by atoms with van der Waals surface area (Å²) in [7, 11) is 0. The van der Waals surface area contributed by atoms with Crippen molar-refractivity contribution < 1.29 is 9.59 Å². The van der Waals surface area contributed by atoms with Crippen LogP contribution in [0, 0.1) is 0 Å². The zero-order valence-corrected chi connectivity index (χ0v) is 16.5. The van der Waals surface area contributed by atoms with E-state index in [1.807, 2.05) is 0 Å². The Kier molecular flexibility index (Phi) is 5.63. The molecule has 2 amide bonds. The second-order valence-electron chi connectivity index (χ2n) is 5.95. The number of aromatic nitrogens is 2. The molecule has 0 saturated carbocycles. The zero-order valence-electron chi connectivity index (χ0n) is 15.0. The molecule has 0 unspecified atom stereocenters. The summed E-state index contributed by atoms with van der Waals surface area (Å²) >= 11 is 12.1. The maximum absolute atomic E-state index is 13.0. The Hall–Kier alpha value is -2.96. The molecule has 0 radical (unpaired) electrons. The molecule has 0 bridgehead atoms. The van der Waals surface area contributed by atoms with Gasteiger partial charge in [0.25, 0.3) is 5.56 Å². The standard InChI is InChI=1S/C20H15Cl2N3O3/c1-12(26)24(13(2)27)25-19(10-8-14-7-9-15(21)11-17(14)22)23-18-6-4-3-5-16(18)20(25)28/h3-11H,1-2H3. The summed E-state index contributed by atoms with van der Waals surface area (Å²) in [6, 6.07) is 11.7. The topological polar surface area (TPSA) is 72.3 Å². The molecule has 3 rings (SSSR count). The van der Waals surface area contributed by atoms with Crippen LogP contribution in [-0.2, 0) is 9.59 Å². The maximum Gasteiger partial charge on any atom is 0.281 e. The summed E-state index contributed by atoms with van der Waals surface area (Å²) < 4.78 is 0.966. The monoisotopic (exact) mass is 415 g/mol. The van der Waals surface area contributed by atoms with Gasteiger partial charge in [0.2, 0.25) is 11.8 Å². The number of carbonyl (C=O) groups is 2. The van der Waals surface area contributed by atoms with Gasteiger partial charge in [0.15, 0.2) is 5.82 Å². The van der Waals surface area contributed by atoms with Crippen LogP contribution in [0.5, 0.6) is 0 Å². The van der Waals surface area contributed by atoms with Crippen molar-refractivity contribution in [3.63, 3.8) is 0 Å². The molecule has 3 aromatic rings. The van der Waals surface area contributed by atoms with E-state index in [1.54, 1.807) is 48.5 Å². The van der Waals surface area contributed by atoms with Crippen LogP contribution in [0.15, 0.2) is 47.3 Å². The molecule has 0 aliphatic heterocycles. The predicted molar refractivity (Wildman–Crippen MR) is 111 cm³/mol. The zero-order chi connectivity index (χ0) is 20.4. The van der Waals surface area contributed by atoms with Crippen molar-refractivity contribution in [2.24, 2.45) is 0 Å². The second-order valence-corrected chi connectivity index (χ2v) is 6.80. The molecule has 8 heteroatoms. The first-order chi connectivity index (χ1) is 13.3. The highest BCUT2D eigenvalue weighted by Crippen LogP contribution is 2.23. The quantitative estimate of drug-likeness (QED) is 0.649. The molecular weight excluding hydrogens is 401 g/mol. The van der Waals surface area contributed by atoms with Gasteiger partial charge in [-0.3, -0.25) is 14.4 Å². The second kappa shape index (κ2) is 7.96. The van der Waals surface area contributed by atoms with Gasteiger partial charge in [0.1, 0.15) is 0 Å². The first-order valence-corrected chi connectivity index (χ1v) is 9.01. The van der Waals surface area contributed by atoms with Crippen LogP contribution in [0.2, 0.25) is 10.0 Å². The molecule has 0 aliphatic carbocycles. The van der Waals surface area contributed by atoms with Crippen molar-refractivity contribution >= 4 is 58.1 Å². The lowest BCUT2D eigenvalue weighted by Gasteiger charge is -2.21. The van der Waals surface area contributed by atoms with Crippen molar-refractivity contribution in [3.05, 3.63) is 74.3 Å². The Morgan fingerprint density at radius 2 is 1.71 bits per heavy atom. The largest absolute Gasteiger partial charge is 0.281 e. The van der Waals surface area contributed by atoms with E-state index in [1.165, 1.54) is 19.9 Å². The third kappa shape index (κ3) is 3.83. The van der Waals surface area contributed by atoms with Gasteiger partial charge in [0.05, 0.1) is 10.9 Å². The van der Waals surface area contributed by atoms with Crippen LogP contribution in [0.25, 0.3) is 23.1 Å². The van der Waals surface area contributed by atoms with E-state index in [-0.39, 0.29) is 11.2 Å². The third-order valence-corrected chi connectivity index (χ3v) is 4.51. The van der Waals surface area contributed by atoms with Crippen LogP contribution in [0.1, 0.15) is 25.2 Å². The third-order valence-electron chi connectivity index (χ3n) is 3.95. The molecule has 0 spiro atoms. The number of fused-ring (bicyclic) bond motifs is 1. The molecule has 6 nitrogen and oxygen atoms in total. The summed E-state index contributed by atoms with van der Waals surface area (Å²) in [5, 5.41) is 1.94. The lowest BCUT2D eigenvalue weighted by atomic mass is 10.2. The average molecular weight is 416 g/mol. The summed E-state index contributed by atoms with van der Waals surface area (Å²) in [6.45, 7) is 2.40. The fourth-order valence-electron chi connectivity index (χ4n) is 2.75. The van der Waals surface area contributed by atoms with Crippen molar-refractivity contribution in [2.75, 3.05) is 5.01 Å². The van der Waals surface area contributed by atoms with Gasteiger partial charge in [-0.05, 0) is 42.0 Å². The lowest BCUT2D eigenvalue weighted by molar-refractivity contribution is -0.126. The maximum atomic E-state index is 13.0. The smallest absolute Gasteiger partial charge is 0.273 e. The first kappa shape index (κ1) is 19.8. The Labute approximate surface area is 170 Å². The number of carbonyl (C=O) groups excluding carboxylic acids is 2. The highest BCUT2D eigenvalue weighted by Gasteiger charge is 2.22. The number of para-hydroxylation sites is 1. The molecule has 142 valence electrons. The Bertz CT molecular complexity index is 1170. The average Bonchev–Trinajstić information content (AvgIpc) is 2.63. The Balaban J connectivity index is 2.26. The van der Waals surface area contributed by atoms with Crippen LogP contribution >= 0.6 is 23.2 Å². The highest BCUT2D eigenvalue weighted by molar-refractivity contribution is 6.35. The molecule has 0 atom stereocenters. The lowest BCUT2D eigenvalue weighted by Crippen LogP contribution is -2.49. The molecule has 2 aromatic carbocycles. The van der Waals surface area contributed by atoms with Gasteiger partial charge < -0.3 is 0 Å². The number of halogens is 2. The van der Waals surface area contributed by atoms with Gasteiger partial charge in [-0.15, -0.1) is 0 Å². The minimum atomic E-state index is -0.606. The summed E-state index contributed by atoms with van der Waals surface area (Å²) in [6.07, 6.45) is 3.14. The van der Waals surface area contributed by atoms with Gasteiger partial charge in [-0.2, -0.15) is 9.69 Å². The molecule has 0 saturated heterocycles. The van der Waals surface area contributed by atoms with Crippen LogP contribution in [0.3, 0.4) is 0 Å². The molecule has 1 heterocycles. The van der Waals surface area contributed by atoms with Crippen molar-refractivity contribution in [2.45, 2.75) is 13.8 Å². The van der Waals surface area contributed by atoms with E-state index in [0.717, 1.165) is 9.69 Å². The number of benzene rings is 2. The number of amides is 2. The van der Waals surface area contributed by atoms with E-state index in [2.05, 4.69) is 4.98 Å². The van der Waals surface area contributed by atoms with Crippen molar-refractivity contribution in [3.8, 4) is 0 Å². The van der Waals surface area contributed by atoms with Gasteiger partial charge in [-0.25, -0.2) is 4.98 Å². The number of hydrogen-bond acceptors (Lipinski definition) is 4. The number of nitrogens with zero attached hydrogens (tertiary/aromatic N) is 3. The van der Waals surface area contributed by atoms with Crippen LogP contribution in [0.4, 0.5) is 0 Å². The van der Waals surface area contributed by atoms with Gasteiger partial charge in [-0.1, -0.05) is 41.4 Å². The molecule has 28 heavy (non-hydrogen) atoms. The summed E-state index contributed by atoms with van der Waals surface area (Å²) in [5.41, 5.74) is 0.549. The molecule has 0 aliphatic rings. The number of hydrogen-bond donors (Lipinski definition) is 0. The van der Waals surface area contributed by atoms with Crippen LogP contribution in [-0.4, -0.2) is 21.5 Å². The normalized spacial score (nSPS) is 11.1. The van der Waals surface area contributed by atoms with E-state index in [9.17, 15) is 14.4 Å². The molecule has 0 fully saturated rings. The van der Waals surface area contributed by atoms with E-state index < -0.39 is 17.4 Å². The Morgan fingerprint density at radius 1 is 1.04 bits per heavy atom. The molecular formula is C20H15Cl2N3O3. The SMILES string of the molecule is CC(=O)N(C(C)=O)n1c(C=Cc2ccc(Cl)cc2Cl)nc2ccccc2c1=O. The molecule has 0 N–H and O–H groups in total. The minimum Gasteiger partial charge on any atom is -0.273 e. The highest BCUT2D eigenvalue weighted by atomic mass is 35.5. The first-order valence-electron chi connectivity index (χ1n) is 8.26. The number of rotatable bonds is 3. The predicted octanol–water partition coefficient (Wildman–Crippen LogP) is 3.90. The van der Waals surface area contributed by atoms with Gasteiger partial charge >= 0.3 is 0 Å². The molecule has 1 aromatic heterocycles. The summed E-state index contributed by atoms with van der Waals surface area (Å²) in [4.78, 5) is 41.6. The van der Waals surface area contributed by atoms with Crippen LogP contribution < -0.4 is 10.6 Å². The number of imide groups is 1. The van der Waals surface area contributed by atoms with E-state index in [4.69, 9.17) is 23.2 Å². The summed E-state index contributed by atoms with van der Waals surface area (Å²) in [5.74, 6) is -1.10. The fourth-order valence-corrected chi connectivity index (χ4v) is 3.22. The van der Waals surface area contributed by atoms with Crippen molar-refractivity contribution in [1.29, 1.82) is 0 Å². The van der Waals surface area contributed by atoms with Gasteiger partial charge in [0, 0.05) is 23.9 Å². The fraction of sp³-hybridized carbons (Fsp3) is 0.100.